The Hall–Kier alpha value is -2.24. The second-order valence-electron chi connectivity index (χ2n) is 6.54. The van der Waals surface area contributed by atoms with Crippen molar-refractivity contribution in [2.45, 2.75) is 13.5 Å². The van der Waals surface area contributed by atoms with Gasteiger partial charge in [-0.1, -0.05) is 29.8 Å². The number of quaternary nitrogens is 1. The van der Waals surface area contributed by atoms with Crippen molar-refractivity contribution in [3.05, 3.63) is 58.6 Å². The maximum Gasteiger partial charge on any atom is 0.161 e. The monoisotopic (exact) mass is 374 g/mol. The highest BCUT2D eigenvalue weighted by molar-refractivity contribution is 6.31. The smallest absolute Gasteiger partial charge is 0.161 e. The molecule has 1 aliphatic heterocycles. The van der Waals surface area contributed by atoms with Crippen LogP contribution in [0.3, 0.4) is 0 Å². The molecule has 0 aromatic heterocycles. The number of ether oxygens (including phenoxy) is 1. The van der Waals surface area contributed by atoms with Crippen molar-refractivity contribution in [1.82, 2.24) is 5.01 Å². The zero-order valence-electron chi connectivity index (χ0n) is 15.2. The molecule has 138 valence electrons. The zero-order chi connectivity index (χ0) is 18.5. The number of phenolic OH excluding ortho intramolecular Hbond substituents is 1. The van der Waals surface area contributed by atoms with Crippen molar-refractivity contribution in [2.24, 2.45) is 5.10 Å². The summed E-state index contributed by atoms with van der Waals surface area (Å²) in [6, 6.07) is 13.4. The normalized spacial score (nSPS) is 16.0. The lowest BCUT2D eigenvalue weighted by molar-refractivity contribution is -0.918. The maximum absolute atomic E-state index is 9.72. The molecular formula is C20H25ClN3O2+. The minimum atomic E-state index is 0.140. The van der Waals surface area contributed by atoms with Gasteiger partial charge in [-0.05, 0) is 31.2 Å². The van der Waals surface area contributed by atoms with Crippen LogP contribution >= 0.6 is 11.6 Å². The topological polar surface area (TPSA) is 49.5 Å². The van der Waals surface area contributed by atoms with E-state index in [2.05, 4.69) is 11.1 Å². The van der Waals surface area contributed by atoms with E-state index in [1.807, 2.05) is 37.3 Å². The van der Waals surface area contributed by atoms with Crippen LogP contribution in [-0.4, -0.2) is 49.1 Å². The lowest BCUT2D eigenvalue weighted by Crippen LogP contribution is -3.13. The Morgan fingerprint density at radius 2 is 1.96 bits per heavy atom. The Balaban J connectivity index is 1.59. The molecule has 26 heavy (non-hydrogen) atoms. The van der Waals surface area contributed by atoms with E-state index in [1.54, 1.807) is 13.2 Å². The van der Waals surface area contributed by atoms with Crippen molar-refractivity contribution >= 4 is 17.3 Å². The second kappa shape index (κ2) is 8.43. The summed E-state index contributed by atoms with van der Waals surface area (Å²) in [5.74, 6) is 0.604. The highest BCUT2D eigenvalue weighted by atomic mass is 35.5. The molecule has 6 heteroatoms. The molecule has 5 nitrogen and oxygen atoms in total. The lowest BCUT2D eigenvalue weighted by Gasteiger charge is -2.31. The largest absolute Gasteiger partial charge is 0.504 e. The van der Waals surface area contributed by atoms with Crippen molar-refractivity contribution in [1.29, 1.82) is 0 Å². The average Bonchev–Trinajstić information content (AvgIpc) is 2.65. The van der Waals surface area contributed by atoms with Crippen LogP contribution in [0.5, 0.6) is 11.5 Å². The molecule has 0 bridgehead atoms. The molecule has 0 radical (unpaired) electrons. The summed E-state index contributed by atoms with van der Waals surface area (Å²) in [5, 5.41) is 17.4. The summed E-state index contributed by atoms with van der Waals surface area (Å²) in [7, 11) is 1.55. The van der Waals surface area contributed by atoms with Crippen molar-refractivity contribution < 1.29 is 14.7 Å². The first-order chi connectivity index (χ1) is 12.6. The molecule has 2 N–H and O–H groups in total. The SMILES string of the molecule is COc1cc(/C(C)=N/N2CC[NH+](Cc3ccccc3Cl)CC2)ccc1O. The van der Waals surface area contributed by atoms with Gasteiger partial charge in [0, 0.05) is 16.1 Å². The molecule has 0 amide bonds. The molecule has 1 saturated heterocycles. The van der Waals surface area contributed by atoms with Gasteiger partial charge in [0.05, 0.1) is 39.0 Å². The van der Waals surface area contributed by atoms with Crippen molar-refractivity contribution in [3.8, 4) is 11.5 Å². The minimum absolute atomic E-state index is 0.140. The van der Waals surface area contributed by atoms with E-state index in [9.17, 15) is 5.11 Å². The van der Waals surface area contributed by atoms with Crippen LogP contribution in [0, 0.1) is 0 Å². The standard InChI is InChI=1S/C20H24ClN3O2/c1-15(16-7-8-19(25)20(13-16)26-2)22-24-11-9-23(10-12-24)14-17-5-3-4-6-18(17)21/h3-8,13,25H,9-12,14H2,1-2H3/p+1/b22-15+. The Morgan fingerprint density at radius 1 is 1.23 bits per heavy atom. The predicted octanol–water partition coefficient (Wildman–Crippen LogP) is 2.18. The highest BCUT2D eigenvalue weighted by Gasteiger charge is 2.20. The third kappa shape index (κ3) is 4.48. The number of piperazine rings is 1. The molecule has 0 spiro atoms. The van der Waals surface area contributed by atoms with Crippen molar-refractivity contribution in [3.63, 3.8) is 0 Å². The first kappa shape index (κ1) is 18.5. The molecule has 3 rings (SSSR count). The molecule has 2 aromatic carbocycles. The van der Waals surface area contributed by atoms with E-state index >= 15 is 0 Å². The molecule has 2 aromatic rings. The van der Waals surface area contributed by atoms with Gasteiger partial charge < -0.3 is 14.7 Å². The summed E-state index contributed by atoms with van der Waals surface area (Å²) < 4.78 is 5.17. The van der Waals surface area contributed by atoms with E-state index in [1.165, 1.54) is 10.5 Å². The van der Waals surface area contributed by atoms with Crippen LogP contribution in [0.4, 0.5) is 0 Å². The van der Waals surface area contributed by atoms with Crippen molar-refractivity contribution in [2.75, 3.05) is 33.3 Å². The fourth-order valence-electron chi connectivity index (χ4n) is 3.17. The number of nitrogens with zero attached hydrogens (tertiary/aromatic N) is 2. The highest BCUT2D eigenvalue weighted by Crippen LogP contribution is 2.26. The van der Waals surface area contributed by atoms with Crippen LogP contribution in [0.15, 0.2) is 47.6 Å². The predicted molar refractivity (Wildman–Crippen MR) is 104 cm³/mol. The van der Waals surface area contributed by atoms with E-state index in [0.29, 0.717) is 5.75 Å². The zero-order valence-corrected chi connectivity index (χ0v) is 16.0. The van der Waals surface area contributed by atoms with Crippen LogP contribution in [-0.2, 0) is 6.54 Å². The van der Waals surface area contributed by atoms with E-state index in [4.69, 9.17) is 21.4 Å². The quantitative estimate of drug-likeness (QED) is 0.789. The number of hydrogen-bond acceptors (Lipinski definition) is 4. The molecule has 0 unspecified atom stereocenters. The minimum Gasteiger partial charge on any atom is -0.504 e. The lowest BCUT2D eigenvalue weighted by atomic mass is 10.1. The van der Waals surface area contributed by atoms with E-state index in [-0.39, 0.29) is 5.75 Å². The van der Waals surface area contributed by atoms with Crippen LogP contribution in [0.1, 0.15) is 18.1 Å². The van der Waals surface area contributed by atoms with E-state index < -0.39 is 0 Å². The molecule has 1 fully saturated rings. The van der Waals surface area contributed by atoms with Gasteiger partial charge in [0.2, 0.25) is 0 Å². The Bertz CT molecular complexity index is 786. The third-order valence-corrected chi connectivity index (χ3v) is 5.10. The van der Waals surface area contributed by atoms with Gasteiger partial charge in [-0.15, -0.1) is 0 Å². The number of phenols is 1. The number of aromatic hydroxyl groups is 1. The summed E-state index contributed by atoms with van der Waals surface area (Å²) in [5.41, 5.74) is 3.07. The molecule has 0 atom stereocenters. The number of methoxy groups -OCH3 is 1. The number of benzene rings is 2. The van der Waals surface area contributed by atoms with Crippen LogP contribution in [0.25, 0.3) is 0 Å². The molecular weight excluding hydrogens is 350 g/mol. The van der Waals surface area contributed by atoms with Gasteiger partial charge in [0.1, 0.15) is 6.54 Å². The number of rotatable bonds is 5. The van der Waals surface area contributed by atoms with Gasteiger partial charge in [-0.2, -0.15) is 5.10 Å². The molecule has 0 saturated carbocycles. The molecule has 1 heterocycles. The summed E-state index contributed by atoms with van der Waals surface area (Å²) >= 11 is 6.27. The Labute approximate surface area is 159 Å². The fourth-order valence-corrected chi connectivity index (χ4v) is 3.37. The number of halogens is 1. The maximum atomic E-state index is 9.72. The average molecular weight is 375 g/mol. The first-order valence-corrected chi connectivity index (χ1v) is 9.19. The van der Waals surface area contributed by atoms with Gasteiger partial charge in [0.15, 0.2) is 11.5 Å². The number of hydrazone groups is 1. The summed E-state index contributed by atoms with van der Waals surface area (Å²) in [6.45, 7) is 6.81. The van der Waals surface area contributed by atoms with E-state index in [0.717, 1.165) is 49.0 Å². The van der Waals surface area contributed by atoms with Gasteiger partial charge in [-0.3, -0.25) is 5.01 Å². The Kier molecular flexibility index (Phi) is 6.01. The first-order valence-electron chi connectivity index (χ1n) is 8.81. The molecule has 1 aliphatic rings. The van der Waals surface area contributed by atoms with Gasteiger partial charge in [0.25, 0.3) is 0 Å². The second-order valence-corrected chi connectivity index (χ2v) is 6.95. The molecule has 0 aliphatic carbocycles. The van der Waals surface area contributed by atoms with Crippen LogP contribution in [0.2, 0.25) is 5.02 Å². The number of hydrogen-bond donors (Lipinski definition) is 2. The summed E-state index contributed by atoms with van der Waals surface area (Å²) in [6.07, 6.45) is 0. The number of nitrogens with one attached hydrogen (secondary N) is 1. The summed E-state index contributed by atoms with van der Waals surface area (Å²) in [4.78, 5) is 1.52. The van der Waals surface area contributed by atoms with Crippen LogP contribution < -0.4 is 9.64 Å². The van der Waals surface area contributed by atoms with Gasteiger partial charge in [-0.25, -0.2) is 0 Å². The fraction of sp³-hybridized carbons (Fsp3) is 0.350. The Morgan fingerprint density at radius 3 is 2.65 bits per heavy atom. The third-order valence-electron chi connectivity index (χ3n) is 4.73. The van der Waals surface area contributed by atoms with Gasteiger partial charge >= 0.3 is 0 Å².